The van der Waals surface area contributed by atoms with Crippen LogP contribution in [0.15, 0.2) is 22.3 Å². The molecule has 56 valence electrons. The van der Waals surface area contributed by atoms with Crippen molar-refractivity contribution in [2.75, 3.05) is 0 Å². The smallest absolute Gasteiger partial charge is 0.135 e. The summed E-state index contributed by atoms with van der Waals surface area (Å²) >= 11 is 0. The van der Waals surface area contributed by atoms with E-state index in [1.54, 1.807) is 0 Å². The van der Waals surface area contributed by atoms with Crippen LogP contribution < -0.4 is 0 Å². The van der Waals surface area contributed by atoms with E-state index in [0.717, 1.165) is 0 Å². The molecule has 1 fully saturated rings. The van der Waals surface area contributed by atoms with E-state index in [1.807, 2.05) is 0 Å². The predicted octanol–water partition coefficient (Wildman–Crippen LogP) is -0.968. The van der Waals surface area contributed by atoms with Gasteiger partial charge in [0, 0.05) is 0 Å². The third-order valence-electron chi connectivity index (χ3n) is 1.41. The SMILES string of the molecule is O=C=C1C(=C=O)C(=C=O)C1=C=O. The maximum absolute atomic E-state index is 10.1. The molecular weight excluding hydrogens is 160 g/mol. The number of carbonyl (C=O) groups excluding carboxylic acids is 4. The van der Waals surface area contributed by atoms with Crippen molar-refractivity contribution >= 4 is 23.8 Å². The minimum Gasteiger partial charge on any atom is -0.233 e. The van der Waals surface area contributed by atoms with Crippen molar-refractivity contribution in [1.82, 2.24) is 0 Å². The Kier molecular flexibility index (Phi) is 1.85. The highest BCUT2D eigenvalue weighted by Crippen LogP contribution is 2.36. The first-order valence-electron chi connectivity index (χ1n) is 2.82. The highest BCUT2D eigenvalue weighted by molar-refractivity contribution is 6.05. The zero-order valence-corrected chi connectivity index (χ0v) is 5.63. The standard InChI is InChI=1S/C8O4/c9-1-5-6(2-10)8(4-12)7(5)3-11. The molecule has 0 aromatic carbocycles. The molecule has 0 aromatic rings. The summed E-state index contributed by atoms with van der Waals surface area (Å²) in [5, 5.41) is 0. The Hall–Kier alpha value is -2.20. The van der Waals surface area contributed by atoms with Crippen molar-refractivity contribution in [3.8, 4) is 0 Å². The fourth-order valence-corrected chi connectivity index (χ4v) is 0.846. The molecule has 1 aliphatic rings. The lowest BCUT2D eigenvalue weighted by Gasteiger charge is -2.15. The Morgan fingerprint density at radius 3 is 0.750 bits per heavy atom. The third-order valence-corrected chi connectivity index (χ3v) is 1.41. The van der Waals surface area contributed by atoms with Crippen LogP contribution >= 0.6 is 0 Å². The maximum Gasteiger partial charge on any atom is 0.135 e. The van der Waals surface area contributed by atoms with Gasteiger partial charge in [0.1, 0.15) is 23.8 Å². The van der Waals surface area contributed by atoms with Crippen LogP contribution in [-0.2, 0) is 19.2 Å². The van der Waals surface area contributed by atoms with E-state index in [9.17, 15) is 19.2 Å². The summed E-state index contributed by atoms with van der Waals surface area (Å²) in [5.74, 6) is 5.34. The van der Waals surface area contributed by atoms with Crippen molar-refractivity contribution in [2.24, 2.45) is 0 Å². The van der Waals surface area contributed by atoms with Crippen molar-refractivity contribution in [1.29, 1.82) is 0 Å². The van der Waals surface area contributed by atoms with E-state index in [1.165, 1.54) is 23.8 Å². The summed E-state index contributed by atoms with van der Waals surface area (Å²) in [6.07, 6.45) is 0. The monoisotopic (exact) mass is 160 g/mol. The van der Waals surface area contributed by atoms with Crippen molar-refractivity contribution in [3.05, 3.63) is 22.3 Å². The Balaban J connectivity index is 3.52. The van der Waals surface area contributed by atoms with E-state index in [4.69, 9.17) is 0 Å². The first-order valence-corrected chi connectivity index (χ1v) is 2.82. The van der Waals surface area contributed by atoms with Gasteiger partial charge in [0.2, 0.25) is 0 Å². The Bertz CT molecular complexity index is 339. The predicted molar refractivity (Wildman–Crippen MR) is 36.8 cm³/mol. The van der Waals surface area contributed by atoms with Crippen LogP contribution in [0.5, 0.6) is 0 Å². The molecular formula is C8O4. The molecule has 0 heterocycles. The topological polar surface area (TPSA) is 68.3 Å². The van der Waals surface area contributed by atoms with Gasteiger partial charge in [-0.15, -0.1) is 0 Å². The van der Waals surface area contributed by atoms with Crippen LogP contribution in [0.25, 0.3) is 0 Å². The second-order valence-corrected chi connectivity index (χ2v) is 1.91. The molecule has 1 rings (SSSR count). The zero-order valence-electron chi connectivity index (χ0n) is 5.63. The van der Waals surface area contributed by atoms with E-state index < -0.39 is 0 Å². The van der Waals surface area contributed by atoms with E-state index >= 15 is 0 Å². The van der Waals surface area contributed by atoms with Crippen LogP contribution in [0.2, 0.25) is 0 Å². The molecule has 4 nitrogen and oxygen atoms in total. The first kappa shape index (κ1) is 7.90. The molecule has 0 aliphatic heterocycles. The van der Waals surface area contributed by atoms with E-state index in [2.05, 4.69) is 0 Å². The van der Waals surface area contributed by atoms with E-state index in [-0.39, 0.29) is 22.3 Å². The van der Waals surface area contributed by atoms with Crippen molar-refractivity contribution < 1.29 is 19.2 Å². The van der Waals surface area contributed by atoms with Gasteiger partial charge in [0.15, 0.2) is 0 Å². The summed E-state index contributed by atoms with van der Waals surface area (Å²) < 4.78 is 0. The largest absolute Gasteiger partial charge is 0.233 e. The molecule has 0 aromatic heterocycles. The second kappa shape index (κ2) is 2.81. The highest BCUT2D eigenvalue weighted by Gasteiger charge is 2.35. The Labute approximate surface area is 66.2 Å². The minimum absolute atomic E-state index is 0.252. The van der Waals surface area contributed by atoms with Gasteiger partial charge in [0.25, 0.3) is 0 Å². The Morgan fingerprint density at radius 2 is 0.667 bits per heavy atom. The molecule has 0 amide bonds. The summed E-state index contributed by atoms with van der Waals surface area (Å²) in [7, 11) is 0. The van der Waals surface area contributed by atoms with Crippen LogP contribution in [0.1, 0.15) is 0 Å². The molecule has 1 aliphatic carbocycles. The minimum atomic E-state index is -0.252. The molecule has 0 spiro atoms. The van der Waals surface area contributed by atoms with Gasteiger partial charge < -0.3 is 0 Å². The molecule has 0 N–H and O–H groups in total. The normalized spacial score (nSPS) is 14.0. The van der Waals surface area contributed by atoms with Crippen LogP contribution in [0.4, 0.5) is 0 Å². The fourth-order valence-electron chi connectivity index (χ4n) is 0.846. The number of hydrogen-bond donors (Lipinski definition) is 0. The molecule has 0 atom stereocenters. The van der Waals surface area contributed by atoms with Crippen LogP contribution in [0, 0.1) is 0 Å². The lowest BCUT2D eigenvalue weighted by atomic mass is 9.78. The van der Waals surface area contributed by atoms with Gasteiger partial charge in [-0.25, -0.2) is 19.2 Å². The highest BCUT2D eigenvalue weighted by atomic mass is 16.1. The third kappa shape index (κ3) is 0.759. The van der Waals surface area contributed by atoms with Crippen LogP contribution in [0.3, 0.4) is 0 Å². The number of rotatable bonds is 0. The summed E-state index contributed by atoms with van der Waals surface area (Å²) in [6, 6.07) is 0. The van der Waals surface area contributed by atoms with E-state index in [0.29, 0.717) is 0 Å². The summed E-state index contributed by atoms with van der Waals surface area (Å²) in [6.45, 7) is 0. The average molecular weight is 160 g/mol. The summed E-state index contributed by atoms with van der Waals surface area (Å²) in [5.41, 5.74) is -1.01. The Morgan fingerprint density at radius 1 is 0.500 bits per heavy atom. The molecule has 4 heteroatoms. The van der Waals surface area contributed by atoms with Crippen molar-refractivity contribution in [2.45, 2.75) is 0 Å². The lowest BCUT2D eigenvalue weighted by Crippen LogP contribution is -2.15. The van der Waals surface area contributed by atoms with Gasteiger partial charge in [-0.2, -0.15) is 0 Å². The lowest BCUT2D eigenvalue weighted by molar-refractivity contribution is 0.558. The van der Waals surface area contributed by atoms with Gasteiger partial charge in [-0.05, 0) is 0 Å². The number of allylic oxidation sites excluding steroid dienone is 4. The molecule has 0 saturated heterocycles. The van der Waals surface area contributed by atoms with Crippen molar-refractivity contribution in [3.63, 3.8) is 0 Å². The molecule has 0 bridgehead atoms. The van der Waals surface area contributed by atoms with Crippen LogP contribution in [-0.4, -0.2) is 23.8 Å². The number of hydrogen-bond acceptors (Lipinski definition) is 4. The molecule has 1 saturated carbocycles. The molecule has 12 heavy (non-hydrogen) atoms. The quantitative estimate of drug-likeness (QED) is 0.427. The second-order valence-electron chi connectivity index (χ2n) is 1.91. The zero-order chi connectivity index (χ0) is 9.14. The molecule has 0 unspecified atom stereocenters. The first-order chi connectivity index (χ1) is 5.79. The maximum atomic E-state index is 10.1. The average Bonchev–Trinajstić information content (AvgIpc) is 2.05. The fraction of sp³-hybridized carbons (Fsp3) is 0. The molecule has 0 radical (unpaired) electrons. The van der Waals surface area contributed by atoms with Gasteiger partial charge in [-0.1, -0.05) is 0 Å². The summed E-state index contributed by atoms with van der Waals surface area (Å²) in [4.78, 5) is 40.3. The van der Waals surface area contributed by atoms with Gasteiger partial charge >= 0.3 is 0 Å². The van der Waals surface area contributed by atoms with Gasteiger partial charge in [-0.3, -0.25) is 0 Å². The van der Waals surface area contributed by atoms with Gasteiger partial charge in [0.05, 0.1) is 22.3 Å².